The zero-order valence-corrected chi connectivity index (χ0v) is 20.0. The molecule has 2 aromatic carbocycles. The molecule has 2 heterocycles. The Kier molecular flexibility index (Phi) is 7.95. The maximum Gasteiger partial charge on any atom is 0.309 e. The van der Waals surface area contributed by atoms with E-state index < -0.39 is 0 Å². The second-order valence-corrected chi connectivity index (χ2v) is 8.68. The predicted octanol–water partition coefficient (Wildman–Crippen LogP) is 4.04. The second kappa shape index (κ2) is 11.3. The Morgan fingerprint density at radius 1 is 0.971 bits per heavy atom. The monoisotopic (exact) mass is 463 g/mol. The van der Waals surface area contributed by atoms with Crippen LogP contribution in [0.15, 0.2) is 59.7 Å². The number of hydrazone groups is 1. The number of amides is 1. The lowest BCUT2D eigenvalue weighted by Gasteiger charge is -2.32. The summed E-state index contributed by atoms with van der Waals surface area (Å²) < 4.78 is 10.7. The number of carbonyl (C=O) groups excluding carboxylic acids is 2. The van der Waals surface area contributed by atoms with Crippen LogP contribution in [0.2, 0.25) is 0 Å². The summed E-state index contributed by atoms with van der Waals surface area (Å²) in [6.45, 7) is 6.49. The normalized spacial score (nSPS) is 19.1. The summed E-state index contributed by atoms with van der Waals surface area (Å²) in [4.78, 5) is 27.6. The zero-order valence-electron chi connectivity index (χ0n) is 20.0. The van der Waals surface area contributed by atoms with E-state index in [9.17, 15) is 9.59 Å². The number of likely N-dealkylation sites (tertiary alicyclic amines) is 1. The van der Waals surface area contributed by atoms with Crippen molar-refractivity contribution in [2.75, 3.05) is 32.8 Å². The highest BCUT2D eigenvalue weighted by molar-refractivity contribution is 6.03. The van der Waals surface area contributed by atoms with Crippen molar-refractivity contribution in [2.24, 2.45) is 11.0 Å². The fourth-order valence-corrected chi connectivity index (χ4v) is 4.61. The van der Waals surface area contributed by atoms with Crippen molar-refractivity contribution < 1.29 is 19.1 Å². The van der Waals surface area contributed by atoms with Gasteiger partial charge in [0.15, 0.2) is 0 Å². The minimum atomic E-state index is -0.157. The SMILES string of the molecule is CCOC(=O)C1CCN(CC(=O)N2N=C(c3ccccc3)C[C@@H]2c2ccc(OCC)cc2)CC1. The van der Waals surface area contributed by atoms with Crippen molar-refractivity contribution in [1.82, 2.24) is 9.91 Å². The Balaban J connectivity index is 1.47. The van der Waals surface area contributed by atoms with Crippen LogP contribution in [0.5, 0.6) is 5.75 Å². The first-order valence-electron chi connectivity index (χ1n) is 12.2. The molecule has 0 aliphatic carbocycles. The van der Waals surface area contributed by atoms with Gasteiger partial charge in [-0.15, -0.1) is 0 Å². The number of rotatable bonds is 8. The Labute approximate surface area is 201 Å². The van der Waals surface area contributed by atoms with E-state index in [1.165, 1.54) is 0 Å². The number of esters is 1. The molecule has 34 heavy (non-hydrogen) atoms. The molecule has 0 aromatic heterocycles. The lowest BCUT2D eigenvalue weighted by Crippen LogP contribution is -2.43. The molecule has 1 amide bonds. The third kappa shape index (κ3) is 5.65. The summed E-state index contributed by atoms with van der Waals surface area (Å²) in [5.74, 6) is 0.591. The average molecular weight is 464 g/mol. The van der Waals surface area contributed by atoms with Crippen LogP contribution in [0.25, 0.3) is 0 Å². The van der Waals surface area contributed by atoms with Gasteiger partial charge in [-0.25, -0.2) is 5.01 Å². The first kappa shape index (κ1) is 24.0. The quantitative estimate of drug-likeness (QED) is 0.553. The van der Waals surface area contributed by atoms with Crippen molar-refractivity contribution in [3.05, 3.63) is 65.7 Å². The largest absolute Gasteiger partial charge is 0.494 e. The molecule has 4 rings (SSSR count). The molecule has 7 nitrogen and oxygen atoms in total. The highest BCUT2D eigenvalue weighted by Crippen LogP contribution is 2.34. The lowest BCUT2D eigenvalue weighted by molar-refractivity contribution is -0.149. The molecule has 0 radical (unpaired) electrons. The third-order valence-corrected chi connectivity index (χ3v) is 6.42. The van der Waals surface area contributed by atoms with E-state index in [4.69, 9.17) is 14.6 Å². The van der Waals surface area contributed by atoms with Gasteiger partial charge in [0, 0.05) is 6.42 Å². The minimum Gasteiger partial charge on any atom is -0.494 e. The molecule has 1 atom stereocenters. The minimum absolute atomic E-state index is 0.0283. The molecule has 7 heteroatoms. The van der Waals surface area contributed by atoms with Gasteiger partial charge in [-0.05, 0) is 63.0 Å². The first-order valence-corrected chi connectivity index (χ1v) is 12.2. The smallest absolute Gasteiger partial charge is 0.309 e. The van der Waals surface area contributed by atoms with Gasteiger partial charge in [-0.1, -0.05) is 42.5 Å². The van der Waals surface area contributed by atoms with Gasteiger partial charge in [0.05, 0.1) is 37.4 Å². The van der Waals surface area contributed by atoms with Crippen LogP contribution >= 0.6 is 0 Å². The number of benzene rings is 2. The topological polar surface area (TPSA) is 71.4 Å². The van der Waals surface area contributed by atoms with Crippen LogP contribution in [-0.2, 0) is 14.3 Å². The Hall–Kier alpha value is -3.19. The van der Waals surface area contributed by atoms with Crippen molar-refractivity contribution >= 4 is 17.6 Å². The van der Waals surface area contributed by atoms with Gasteiger partial charge in [-0.3, -0.25) is 14.5 Å². The molecule has 0 unspecified atom stereocenters. The van der Waals surface area contributed by atoms with E-state index >= 15 is 0 Å². The number of hydrogen-bond donors (Lipinski definition) is 0. The molecule has 2 aliphatic rings. The van der Waals surface area contributed by atoms with Gasteiger partial charge in [0.1, 0.15) is 5.75 Å². The van der Waals surface area contributed by atoms with Gasteiger partial charge in [0.25, 0.3) is 5.91 Å². The molecule has 0 spiro atoms. The van der Waals surface area contributed by atoms with Gasteiger partial charge >= 0.3 is 5.97 Å². The zero-order chi connectivity index (χ0) is 23.9. The van der Waals surface area contributed by atoms with Crippen molar-refractivity contribution in [1.29, 1.82) is 0 Å². The summed E-state index contributed by atoms with van der Waals surface area (Å²) >= 11 is 0. The predicted molar refractivity (Wildman–Crippen MR) is 131 cm³/mol. The van der Waals surface area contributed by atoms with Crippen molar-refractivity contribution in [2.45, 2.75) is 39.2 Å². The number of ether oxygens (including phenoxy) is 2. The summed E-state index contributed by atoms with van der Waals surface area (Å²) in [6.07, 6.45) is 2.09. The molecule has 180 valence electrons. The Bertz CT molecular complexity index is 998. The first-order chi connectivity index (χ1) is 16.6. The fraction of sp³-hybridized carbons (Fsp3) is 0.444. The van der Waals surface area contributed by atoms with Crippen LogP contribution in [0.4, 0.5) is 0 Å². The number of hydrogen-bond acceptors (Lipinski definition) is 6. The summed E-state index contributed by atoms with van der Waals surface area (Å²) in [7, 11) is 0. The van der Waals surface area contributed by atoms with Crippen molar-refractivity contribution in [3.8, 4) is 5.75 Å². The molecule has 0 saturated carbocycles. The molecule has 2 aliphatic heterocycles. The summed E-state index contributed by atoms with van der Waals surface area (Å²) in [5, 5.41) is 6.42. The summed E-state index contributed by atoms with van der Waals surface area (Å²) in [5.41, 5.74) is 2.98. The molecule has 0 bridgehead atoms. The van der Waals surface area contributed by atoms with Gasteiger partial charge in [-0.2, -0.15) is 5.10 Å². The molecular weight excluding hydrogens is 430 g/mol. The molecule has 0 N–H and O–H groups in total. The lowest BCUT2D eigenvalue weighted by atomic mass is 9.97. The van der Waals surface area contributed by atoms with Gasteiger partial charge in [0.2, 0.25) is 0 Å². The highest BCUT2D eigenvalue weighted by atomic mass is 16.5. The van der Waals surface area contributed by atoms with E-state index in [2.05, 4.69) is 4.90 Å². The standard InChI is InChI=1S/C27H33N3O4/c1-3-33-23-12-10-21(11-13-23)25-18-24(20-8-6-5-7-9-20)28-30(25)26(31)19-29-16-14-22(15-17-29)27(32)34-4-2/h5-13,22,25H,3-4,14-19H2,1-2H3/t25-/m1/s1. The summed E-state index contributed by atoms with van der Waals surface area (Å²) in [6, 6.07) is 17.8. The van der Waals surface area contributed by atoms with Crippen LogP contribution in [0, 0.1) is 5.92 Å². The van der Waals surface area contributed by atoms with Gasteiger partial charge < -0.3 is 9.47 Å². The van der Waals surface area contributed by atoms with E-state index in [-0.39, 0.29) is 30.4 Å². The molecular formula is C27H33N3O4. The van der Waals surface area contributed by atoms with E-state index in [1.807, 2.05) is 68.4 Å². The maximum absolute atomic E-state index is 13.4. The highest BCUT2D eigenvalue weighted by Gasteiger charge is 2.35. The molecule has 1 fully saturated rings. The van der Waals surface area contributed by atoms with Crippen LogP contribution in [-0.4, -0.2) is 60.3 Å². The molecule has 2 aromatic rings. The number of piperidine rings is 1. The second-order valence-electron chi connectivity index (χ2n) is 8.68. The number of nitrogens with zero attached hydrogens (tertiary/aromatic N) is 3. The third-order valence-electron chi connectivity index (χ3n) is 6.42. The van der Waals surface area contributed by atoms with Crippen molar-refractivity contribution in [3.63, 3.8) is 0 Å². The van der Waals surface area contributed by atoms with Crippen LogP contribution in [0.1, 0.15) is 50.3 Å². The number of carbonyl (C=O) groups is 2. The maximum atomic E-state index is 13.4. The van der Waals surface area contributed by atoms with Crippen LogP contribution < -0.4 is 4.74 Å². The average Bonchev–Trinajstić information content (AvgIpc) is 3.32. The Morgan fingerprint density at radius 2 is 1.68 bits per heavy atom. The fourth-order valence-electron chi connectivity index (χ4n) is 4.61. The van der Waals surface area contributed by atoms with E-state index in [1.54, 1.807) is 5.01 Å². The Morgan fingerprint density at radius 3 is 2.32 bits per heavy atom. The van der Waals surface area contributed by atoms with E-state index in [0.29, 0.717) is 45.6 Å². The van der Waals surface area contributed by atoms with Crippen LogP contribution in [0.3, 0.4) is 0 Å². The molecule has 1 saturated heterocycles. The van der Waals surface area contributed by atoms with E-state index in [0.717, 1.165) is 22.6 Å².